The Bertz CT molecular complexity index is 533. The number of methoxy groups -OCH3 is 1. The molecule has 0 saturated carbocycles. The predicted molar refractivity (Wildman–Crippen MR) is 75.8 cm³/mol. The van der Waals surface area contributed by atoms with E-state index >= 15 is 0 Å². The standard InChI is InChI=1S/C14H20N4O/c1-10-5-6-13(7-15-10)17-14-16-11(2)8-18(14)12(3)9-19-4/h5-8,12H,9H2,1-4H3,(H,16,17). The average molecular weight is 260 g/mol. The third-order valence-electron chi connectivity index (χ3n) is 2.90. The molecule has 0 aromatic carbocycles. The first-order chi connectivity index (χ1) is 9.10. The molecule has 1 N–H and O–H groups in total. The van der Waals surface area contributed by atoms with Crippen LogP contribution in [-0.4, -0.2) is 28.3 Å². The minimum Gasteiger partial charge on any atom is -0.383 e. The third-order valence-corrected chi connectivity index (χ3v) is 2.90. The number of rotatable bonds is 5. The lowest BCUT2D eigenvalue weighted by molar-refractivity contribution is 0.163. The summed E-state index contributed by atoms with van der Waals surface area (Å²) in [6.45, 7) is 6.70. The maximum atomic E-state index is 5.20. The van der Waals surface area contributed by atoms with Crippen LogP contribution in [0.5, 0.6) is 0 Å². The van der Waals surface area contributed by atoms with Crippen molar-refractivity contribution in [2.45, 2.75) is 26.8 Å². The normalized spacial score (nSPS) is 12.4. The van der Waals surface area contributed by atoms with Gasteiger partial charge in [-0.25, -0.2) is 4.98 Å². The van der Waals surface area contributed by atoms with Gasteiger partial charge in [-0.1, -0.05) is 0 Å². The lowest BCUT2D eigenvalue weighted by atomic mass is 10.3. The summed E-state index contributed by atoms with van der Waals surface area (Å²) in [6, 6.07) is 4.20. The van der Waals surface area contributed by atoms with Gasteiger partial charge in [0.05, 0.1) is 30.2 Å². The van der Waals surface area contributed by atoms with Crippen molar-refractivity contribution in [2.24, 2.45) is 0 Å². The van der Waals surface area contributed by atoms with E-state index in [4.69, 9.17) is 4.74 Å². The van der Waals surface area contributed by atoms with Crippen LogP contribution in [0.25, 0.3) is 0 Å². The van der Waals surface area contributed by atoms with E-state index in [0.717, 1.165) is 23.0 Å². The fourth-order valence-corrected chi connectivity index (χ4v) is 1.94. The zero-order valence-corrected chi connectivity index (χ0v) is 11.8. The van der Waals surface area contributed by atoms with Gasteiger partial charge in [0, 0.05) is 19.0 Å². The Hall–Kier alpha value is -1.88. The molecular formula is C14H20N4O. The average Bonchev–Trinajstić information content (AvgIpc) is 2.74. The molecule has 1 unspecified atom stereocenters. The Morgan fingerprint density at radius 1 is 1.32 bits per heavy atom. The number of nitrogens with one attached hydrogen (secondary N) is 1. The van der Waals surface area contributed by atoms with E-state index < -0.39 is 0 Å². The highest BCUT2D eigenvalue weighted by Crippen LogP contribution is 2.20. The molecule has 1 atom stereocenters. The van der Waals surface area contributed by atoms with Gasteiger partial charge in [0.25, 0.3) is 0 Å². The van der Waals surface area contributed by atoms with Gasteiger partial charge in [0.2, 0.25) is 5.95 Å². The van der Waals surface area contributed by atoms with Crippen LogP contribution in [0.3, 0.4) is 0 Å². The van der Waals surface area contributed by atoms with Crippen LogP contribution in [0.1, 0.15) is 24.4 Å². The Labute approximate surface area is 113 Å². The summed E-state index contributed by atoms with van der Waals surface area (Å²) >= 11 is 0. The molecule has 5 heteroatoms. The molecule has 19 heavy (non-hydrogen) atoms. The molecular weight excluding hydrogens is 240 g/mol. The van der Waals surface area contributed by atoms with E-state index in [-0.39, 0.29) is 6.04 Å². The van der Waals surface area contributed by atoms with E-state index in [9.17, 15) is 0 Å². The summed E-state index contributed by atoms with van der Waals surface area (Å²) in [7, 11) is 1.71. The number of hydrogen-bond donors (Lipinski definition) is 1. The van der Waals surface area contributed by atoms with Gasteiger partial charge in [-0.05, 0) is 32.9 Å². The lowest BCUT2D eigenvalue weighted by Crippen LogP contribution is -2.12. The van der Waals surface area contributed by atoms with Gasteiger partial charge in [0.1, 0.15) is 0 Å². The fraction of sp³-hybridized carbons (Fsp3) is 0.429. The summed E-state index contributed by atoms with van der Waals surface area (Å²) < 4.78 is 7.28. The van der Waals surface area contributed by atoms with Crippen LogP contribution in [0.2, 0.25) is 0 Å². The summed E-state index contributed by atoms with van der Waals surface area (Å²) in [5, 5.41) is 3.29. The molecule has 0 bridgehead atoms. The van der Waals surface area contributed by atoms with Crippen LogP contribution < -0.4 is 5.32 Å². The molecule has 2 rings (SSSR count). The first-order valence-electron chi connectivity index (χ1n) is 6.34. The van der Waals surface area contributed by atoms with Crippen molar-refractivity contribution in [1.82, 2.24) is 14.5 Å². The topological polar surface area (TPSA) is 52.0 Å². The van der Waals surface area contributed by atoms with Gasteiger partial charge in [0.15, 0.2) is 0 Å². The maximum Gasteiger partial charge on any atom is 0.207 e. The molecule has 2 heterocycles. The molecule has 102 valence electrons. The quantitative estimate of drug-likeness (QED) is 0.898. The maximum absolute atomic E-state index is 5.20. The second-order valence-corrected chi connectivity index (χ2v) is 4.73. The second kappa shape index (κ2) is 5.84. The van der Waals surface area contributed by atoms with Crippen LogP contribution in [0.15, 0.2) is 24.5 Å². The highest BCUT2D eigenvalue weighted by Gasteiger charge is 2.12. The molecule has 2 aromatic rings. The molecule has 0 fully saturated rings. The monoisotopic (exact) mass is 260 g/mol. The first kappa shape index (κ1) is 13.5. The molecule has 0 radical (unpaired) electrons. The van der Waals surface area contributed by atoms with Crippen molar-refractivity contribution >= 4 is 11.6 Å². The lowest BCUT2D eigenvalue weighted by Gasteiger charge is -2.16. The van der Waals surface area contributed by atoms with Crippen LogP contribution in [0, 0.1) is 13.8 Å². The third kappa shape index (κ3) is 3.32. The molecule has 0 amide bonds. The van der Waals surface area contributed by atoms with Crippen molar-refractivity contribution in [3.05, 3.63) is 35.9 Å². The minimum absolute atomic E-state index is 0.229. The molecule has 0 aliphatic heterocycles. The molecule has 2 aromatic heterocycles. The number of anilines is 2. The van der Waals surface area contributed by atoms with E-state index in [1.54, 1.807) is 7.11 Å². The van der Waals surface area contributed by atoms with Crippen molar-refractivity contribution in [1.29, 1.82) is 0 Å². The van der Waals surface area contributed by atoms with E-state index in [0.29, 0.717) is 6.61 Å². The van der Waals surface area contributed by atoms with Gasteiger partial charge >= 0.3 is 0 Å². The Morgan fingerprint density at radius 3 is 2.74 bits per heavy atom. The minimum atomic E-state index is 0.229. The highest BCUT2D eigenvalue weighted by atomic mass is 16.5. The van der Waals surface area contributed by atoms with Gasteiger partial charge in [-0.3, -0.25) is 4.98 Å². The molecule has 5 nitrogen and oxygen atoms in total. The molecule has 0 saturated heterocycles. The molecule has 0 aliphatic rings. The van der Waals surface area contributed by atoms with Crippen LogP contribution in [-0.2, 0) is 4.74 Å². The number of ether oxygens (including phenoxy) is 1. The Morgan fingerprint density at radius 2 is 2.11 bits per heavy atom. The number of imidazole rings is 1. The molecule has 0 spiro atoms. The fourth-order valence-electron chi connectivity index (χ4n) is 1.94. The Balaban J connectivity index is 2.22. The van der Waals surface area contributed by atoms with E-state index in [1.807, 2.05) is 38.4 Å². The van der Waals surface area contributed by atoms with Crippen LogP contribution >= 0.6 is 0 Å². The zero-order valence-electron chi connectivity index (χ0n) is 11.8. The number of nitrogens with zero attached hydrogens (tertiary/aromatic N) is 3. The second-order valence-electron chi connectivity index (χ2n) is 4.73. The summed E-state index contributed by atoms with van der Waals surface area (Å²) in [4.78, 5) is 8.77. The zero-order chi connectivity index (χ0) is 13.8. The summed E-state index contributed by atoms with van der Waals surface area (Å²) in [6.07, 6.45) is 3.83. The molecule has 0 aliphatic carbocycles. The SMILES string of the molecule is COCC(C)n1cc(C)nc1Nc1ccc(C)nc1. The van der Waals surface area contributed by atoms with Gasteiger partial charge in [-0.15, -0.1) is 0 Å². The van der Waals surface area contributed by atoms with Gasteiger partial charge in [-0.2, -0.15) is 0 Å². The number of pyridine rings is 1. The largest absolute Gasteiger partial charge is 0.383 e. The van der Waals surface area contributed by atoms with Crippen molar-refractivity contribution < 1.29 is 4.74 Å². The summed E-state index contributed by atoms with van der Waals surface area (Å²) in [5.74, 6) is 0.813. The van der Waals surface area contributed by atoms with Gasteiger partial charge < -0.3 is 14.6 Å². The summed E-state index contributed by atoms with van der Waals surface area (Å²) in [5.41, 5.74) is 2.91. The van der Waals surface area contributed by atoms with Crippen LogP contribution in [0.4, 0.5) is 11.6 Å². The van der Waals surface area contributed by atoms with E-state index in [1.165, 1.54) is 0 Å². The number of hydrogen-bond acceptors (Lipinski definition) is 4. The Kier molecular flexibility index (Phi) is 4.16. The number of aromatic nitrogens is 3. The van der Waals surface area contributed by atoms with Crippen molar-refractivity contribution in [2.75, 3.05) is 19.0 Å². The first-order valence-corrected chi connectivity index (χ1v) is 6.34. The van der Waals surface area contributed by atoms with E-state index in [2.05, 4.69) is 26.8 Å². The number of aryl methyl sites for hydroxylation is 2. The van der Waals surface area contributed by atoms with Crippen molar-refractivity contribution in [3.63, 3.8) is 0 Å². The van der Waals surface area contributed by atoms with Crippen molar-refractivity contribution in [3.8, 4) is 0 Å². The smallest absolute Gasteiger partial charge is 0.207 e. The predicted octanol–water partition coefficient (Wildman–Crippen LogP) is 2.85. The highest BCUT2D eigenvalue weighted by molar-refractivity contribution is 5.52.